The van der Waals surface area contributed by atoms with Crippen molar-refractivity contribution in [3.63, 3.8) is 0 Å². The molecule has 1 heterocycles. The van der Waals surface area contributed by atoms with Gasteiger partial charge in [0.2, 0.25) is 0 Å². The van der Waals surface area contributed by atoms with Gasteiger partial charge in [-0.05, 0) is 52.0 Å². The lowest BCUT2D eigenvalue weighted by molar-refractivity contribution is -0.0661. The van der Waals surface area contributed by atoms with E-state index in [2.05, 4.69) is 0 Å². The Balaban J connectivity index is 1.92. The SMILES string of the molecule is CCOC(=O)c1ccc(OC2CCN2C(=O)OC(C)(C)C)cc1. The first-order valence-corrected chi connectivity index (χ1v) is 7.73. The van der Waals surface area contributed by atoms with Crippen molar-refractivity contribution in [3.8, 4) is 5.75 Å². The van der Waals surface area contributed by atoms with Crippen LogP contribution < -0.4 is 4.74 Å². The molecule has 1 aromatic carbocycles. The molecule has 126 valence electrons. The van der Waals surface area contributed by atoms with E-state index in [1.165, 1.54) is 0 Å². The number of carbonyl (C=O) groups is 2. The Morgan fingerprint density at radius 2 is 1.87 bits per heavy atom. The minimum absolute atomic E-state index is 0.335. The summed E-state index contributed by atoms with van der Waals surface area (Å²) in [6.45, 7) is 8.19. The van der Waals surface area contributed by atoms with Crippen LogP contribution in [0.25, 0.3) is 0 Å². The third kappa shape index (κ3) is 4.61. The lowest BCUT2D eigenvalue weighted by Crippen LogP contribution is -2.55. The molecule has 6 nitrogen and oxygen atoms in total. The molecule has 0 aliphatic carbocycles. The Bertz CT molecular complexity index is 561. The smallest absolute Gasteiger partial charge is 0.413 e. The van der Waals surface area contributed by atoms with E-state index >= 15 is 0 Å². The number of ether oxygens (including phenoxy) is 3. The zero-order valence-electron chi connectivity index (χ0n) is 14.0. The van der Waals surface area contributed by atoms with Gasteiger partial charge in [0.1, 0.15) is 11.4 Å². The third-order valence-electron chi connectivity index (χ3n) is 3.23. The fraction of sp³-hybridized carbons (Fsp3) is 0.529. The number of amides is 1. The van der Waals surface area contributed by atoms with Crippen molar-refractivity contribution in [3.05, 3.63) is 29.8 Å². The molecule has 1 aromatic rings. The molecule has 1 atom stereocenters. The van der Waals surface area contributed by atoms with E-state index in [-0.39, 0.29) is 18.3 Å². The molecule has 1 saturated heterocycles. The highest BCUT2D eigenvalue weighted by molar-refractivity contribution is 5.89. The number of benzene rings is 1. The van der Waals surface area contributed by atoms with Gasteiger partial charge in [-0.2, -0.15) is 0 Å². The van der Waals surface area contributed by atoms with Crippen LogP contribution in [0.4, 0.5) is 4.79 Å². The summed E-state index contributed by atoms with van der Waals surface area (Å²) in [7, 11) is 0. The van der Waals surface area contributed by atoms with Crippen LogP contribution in [0.5, 0.6) is 5.75 Å². The van der Waals surface area contributed by atoms with Gasteiger partial charge in [0.15, 0.2) is 6.23 Å². The number of rotatable bonds is 4. The Kier molecular flexibility index (Phi) is 5.13. The van der Waals surface area contributed by atoms with E-state index in [9.17, 15) is 9.59 Å². The van der Waals surface area contributed by atoms with Gasteiger partial charge in [-0.3, -0.25) is 4.90 Å². The van der Waals surface area contributed by atoms with E-state index in [4.69, 9.17) is 14.2 Å². The Labute approximate surface area is 136 Å². The molecule has 0 N–H and O–H groups in total. The number of carbonyl (C=O) groups excluding carboxylic acids is 2. The van der Waals surface area contributed by atoms with E-state index in [1.807, 2.05) is 20.8 Å². The van der Waals surface area contributed by atoms with Gasteiger partial charge in [0.25, 0.3) is 0 Å². The van der Waals surface area contributed by atoms with E-state index in [1.54, 1.807) is 36.1 Å². The van der Waals surface area contributed by atoms with Crippen LogP contribution in [0.3, 0.4) is 0 Å². The number of hydrogen-bond donors (Lipinski definition) is 0. The molecule has 0 radical (unpaired) electrons. The first kappa shape index (κ1) is 17.1. The van der Waals surface area contributed by atoms with Crippen molar-refractivity contribution < 1.29 is 23.8 Å². The Morgan fingerprint density at radius 1 is 1.22 bits per heavy atom. The van der Waals surface area contributed by atoms with Crippen molar-refractivity contribution in [2.45, 2.75) is 45.9 Å². The van der Waals surface area contributed by atoms with Gasteiger partial charge in [-0.15, -0.1) is 0 Å². The Hall–Kier alpha value is -2.24. The standard InChI is InChI=1S/C17H23NO5/c1-5-21-15(19)12-6-8-13(9-7-12)22-14-10-11-18(14)16(20)23-17(2,3)4/h6-9,14H,5,10-11H2,1-4H3. The lowest BCUT2D eigenvalue weighted by atomic mass is 10.1. The maximum absolute atomic E-state index is 12.0. The molecule has 1 unspecified atom stereocenters. The summed E-state index contributed by atoms with van der Waals surface area (Å²) in [4.78, 5) is 25.2. The van der Waals surface area contributed by atoms with Gasteiger partial charge >= 0.3 is 12.1 Å². The van der Waals surface area contributed by atoms with Crippen LogP contribution in [-0.4, -0.2) is 41.9 Å². The minimum atomic E-state index is -0.529. The number of nitrogens with zero attached hydrogens (tertiary/aromatic N) is 1. The molecule has 0 bridgehead atoms. The van der Waals surface area contributed by atoms with Gasteiger partial charge in [-0.1, -0.05) is 0 Å². The summed E-state index contributed by atoms with van der Waals surface area (Å²) >= 11 is 0. The fourth-order valence-corrected chi connectivity index (χ4v) is 2.06. The van der Waals surface area contributed by atoms with E-state index in [0.717, 1.165) is 6.42 Å². The Morgan fingerprint density at radius 3 is 2.35 bits per heavy atom. The zero-order chi connectivity index (χ0) is 17.0. The maximum atomic E-state index is 12.0. The van der Waals surface area contributed by atoms with Crippen LogP contribution in [0.1, 0.15) is 44.5 Å². The van der Waals surface area contributed by atoms with Gasteiger partial charge < -0.3 is 14.2 Å². The number of esters is 1. The molecule has 1 fully saturated rings. The topological polar surface area (TPSA) is 65.1 Å². The average molecular weight is 321 g/mol. The van der Waals surface area contributed by atoms with E-state index < -0.39 is 5.60 Å². The summed E-state index contributed by atoms with van der Waals surface area (Å²) in [5.41, 5.74) is -0.0600. The quantitative estimate of drug-likeness (QED) is 0.797. The van der Waals surface area contributed by atoms with Gasteiger partial charge in [0.05, 0.1) is 12.2 Å². The molecule has 1 aliphatic rings. The normalized spacial score (nSPS) is 17.2. The molecule has 2 rings (SSSR count). The van der Waals surface area contributed by atoms with Crippen molar-refractivity contribution in [1.29, 1.82) is 0 Å². The van der Waals surface area contributed by atoms with Crippen molar-refractivity contribution in [1.82, 2.24) is 4.90 Å². The fourth-order valence-electron chi connectivity index (χ4n) is 2.06. The van der Waals surface area contributed by atoms with Gasteiger partial charge in [-0.25, -0.2) is 9.59 Å². The monoisotopic (exact) mass is 321 g/mol. The molecule has 6 heteroatoms. The number of hydrogen-bond acceptors (Lipinski definition) is 5. The van der Waals surface area contributed by atoms with E-state index in [0.29, 0.717) is 24.5 Å². The predicted octanol–water partition coefficient (Wildman–Crippen LogP) is 3.21. The second-order valence-electron chi connectivity index (χ2n) is 6.28. The second-order valence-corrected chi connectivity index (χ2v) is 6.28. The minimum Gasteiger partial charge on any atom is -0.470 e. The molecule has 0 aromatic heterocycles. The molecule has 0 spiro atoms. The highest BCUT2D eigenvalue weighted by atomic mass is 16.6. The van der Waals surface area contributed by atoms with Crippen LogP contribution in [-0.2, 0) is 9.47 Å². The lowest BCUT2D eigenvalue weighted by Gasteiger charge is -2.40. The van der Waals surface area contributed by atoms with Crippen molar-refractivity contribution in [2.24, 2.45) is 0 Å². The largest absolute Gasteiger partial charge is 0.470 e. The molecule has 1 aliphatic heterocycles. The number of likely N-dealkylation sites (tertiary alicyclic amines) is 1. The van der Waals surface area contributed by atoms with Crippen molar-refractivity contribution >= 4 is 12.1 Å². The highest BCUT2D eigenvalue weighted by Crippen LogP contribution is 2.25. The van der Waals surface area contributed by atoms with Crippen molar-refractivity contribution in [2.75, 3.05) is 13.2 Å². The van der Waals surface area contributed by atoms with Crippen LogP contribution in [0.15, 0.2) is 24.3 Å². The van der Waals surface area contributed by atoms with Gasteiger partial charge in [0, 0.05) is 13.0 Å². The average Bonchev–Trinajstić information content (AvgIpc) is 2.42. The maximum Gasteiger partial charge on any atom is 0.413 e. The van der Waals surface area contributed by atoms with Crippen LogP contribution >= 0.6 is 0 Å². The molecule has 0 saturated carbocycles. The third-order valence-corrected chi connectivity index (χ3v) is 3.23. The predicted molar refractivity (Wildman–Crippen MR) is 84.4 cm³/mol. The molecule has 23 heavy (non-hydrogen) atoms. The summed E-state index contributed by atoms with van der Waals surface area (Å²) < 4.78 is 16.0. The molecular weight excluding hydrogens is 298 g/mol. The molecule has 1 amide bonds. The molecular formula is C17H23NO5. The first-order chi connectivity index (χ1) is 10.8. The summed E-state index contributed by atoms with van der Waals surface area (Å²) in [6.07, 6.45) is 0.0361. The summed E-state index contributed by atoms with van der Waals surface area (Å²) in [5, 5.41) is 0. The van der Waals surface area contributed by atoms with Crippen LogP contribution in [0.2, 0.25) is 0 Å². The highest BCUT2D eigenvalue weighted by Gasteiger charge is 2.36. The van der Waals surface area contributed by atoms with Crippen LogP contribution in [0, 0.1) is 0 Å². The zero-order valence-corrected chi connectivity index (χ0v) is 14.0. The summed E-state index contributed by atoms with van der Waals surface area (Å²) in [6, 6.07) is 6.67. The first-order valence-electron chi connectivity index (χ1n) is 7.73. The summed E-state index contributed by atoms with van der Waals surface area (Å²) in [5.74, 6) is 0.231. The second kappa shape index (κ2) is 6.89.